The van der Waals surface area contributed by atoms with Gasteiger partial charge in [-0.05, 0) is 36.8 Å². The van der Waals surface area contributed by atoms with Gasteiger partial charge in [-0.15, -0.1) is 0 Å². The molecule has 1 aromatic rings. The van der Waals surface area contributed by atoms with Crippen LogP contribution in [0.25, 0.3) is 0 Å². The van der Waals surface area contributed by atoms with E-state index in [9.17, 15) is 9.90 Å². The molecule has 0 atom stereocenters. The quantitative estimate of drug-likeness (QED) is 0.788. The van der Waals surface area contributed by atoms with E-state index >= 15 is 0 Å². The molecule has 0 saturated heterocycles. The molecule has 0 aliphatic rings. The first-order chi connectivity index (χ1) is 9.41. The van der Waals surface area contributed by atoms with Gasteiger partial charge in [-0.3, -0.25) is 0 Å². The van der Waals surface area contributed by atoms with Crippen molar-refractivity contribution >= 4 is 11.7 Å². The molecule has 0 spiro atoms. The highest BCUT2D eigenvalue weighted by Gasteiger charge is 2.17. The number of hydrogen-bond donors (Lipinski definition) is 1. The van der Waals surface area contributed by atoms with Gasteiger partial charge in [0.25, 0.3) is 0 Å². The van der Waals surface area contributed by atoms with Crippen LogP contribution in [0.15, 0.2) is 18.3 Å². The predicted molar refractivity (Wildman–Crippen MR) is 82.3 cm³/mol. The summed E-state index contributed by atoms with van der Waals surface area (Å²) in [5, 5.41) is 9.28. The molecule has 4 nitrogen and oxygen atoms in total. The van der Waals surface area contributed by atoms with E-state index in [1.165, 1.54) is 6.20 Å². The van der Waals surface area contributed by atoms with Crippen LogP contribution in [0.1, 0.15) is 51.0 Å². The first-order valence-electron chi connectivity index (χ1n) is 7.35. The monoisotopic (exact) mass is 278 g/mol. The Balaban J connectivity index is 2.93. The van der Waals surface area contributed by atoms with Gasteiger partial charge in [-0.25, -0.2) is 9.78 Å². The van der Waals surface area contributed by atoms with E-state index < -0.39 is 5.97 Å². The summed E-state index contributed by atoms with van der Waals surface area (Å²) in [5.41, 5.74) is 0.890. The summed E-state index contributed by atoms with van der Waals surface area (Å²) in [5.74, 6) is 0.239. The van der Waals surface area contributed by atoms with Gasteiger partial charge < -0.3 is 10.0 Å². The molecule has 0 aliphatic heterocycles. The smallest absolute Gasteiger partial charge is 0.356 e. The lowest BCUT2D eigenvalue weighted by molar-refractivity contribution is 0.0691. The molecule has 1 N–H and O–H groups in total. The molecule has 20 heavy (non-hydrogen) atoms. The topological polar surface area (TPSA) is 53.4 Å². The van der Waals surface area contributed by atoms with Gasteiger partial charge >= 0.3 is 5.97 Å². The van der Waals surface area contributed by atoms with Crippen molar-refractivity contribution in [1.29, 1.82) is 0 Å². The van der Waals surface area contributed by atoms with Crippen molar-refractivity contribution in [2.24, 2.45) is 11.8 Å². The minimum absolute atomic E-state index is 0.153. The standard InChI is InChI=1S/C16H26N2O2/c1-12(2)7-10-18(11-8-13(3)4)14-6-5-9-17-15(14)16(19)20/h5-6,9,12-13H,7-8,10-11H2,1-4H3,(H,19,20). The first kappa shape index (κ1) is 16.5. The second-order valence-corrected chi connectivity index (χ2v) is 6.03. The van der Waals surface area contributed by atoms with E-state index in [4.69, 9.17) is 0 Å². The Hall–Kier alpha value is -1.58. The summed E-state index contributed by atoms with van der Waals surface area (Å²) in [4.78, 5) is 17.5. The minimum Gasteiger partial charge on any atom is -0.476 e. The number of aromatic nitrogens is 1. The average Bonchev–Trinajstić information content (AvgIpc) is 2.38. The maximum atomic E-state index is 11.3. The van der Waals surface area contributed by atoms with Gasteiger partial charge in [-0.1, -0.05) is 27.7 Å². The van der Waals surface area contributed by atoms with Gasteiger partial charge in [0, 0.05) is 19.3 Å². The summed E-state index contributed by atoms with van der Waals surface area (Å²) >= 11 is 0. The Bertz CT molecular complexity index is 418. The number of nitrogens with zero attached hydrogens (tertiary/aromatic N) is 2. The third kappa shape index (κ3) is 5.19. The number of carbonyl (C=O) groups is 1. The van der Waals surface area contributed by atoms with E-state index in [0.717, 1.165) is 31.6 Å². The van der Waals surface area contributed by atoms with Crippen LogP contribution >= 0.6 is 0 Å². The fraction of sp³-hybridized carbons (Fsp3) is 0.625. The second kappa shape index (κ2) is 7.88. The van der Waals surface area contributed by atoms with Gasteiger partial charge in [0.2, 0.25) is 0 Å². The molecule has 0 fully saturated rings. The van der Waals surface area contributed by atoms with Gasteiger partial charge in [0.1, 0.15) is 0 Å². The highest BCUT2D eigenvalue weighted by molar-refractivity contribution is 5.92. The third-order valence-corrected chi connectivity index (χ3v) is 3.28. The SMILES string of the molecule is CC(C)CCN(CCC(C)C)c1cccnc1C(=O)O. The summed E-state index contributed by atoms with van der Waals surface area (Å²) in [7, 11) is 0. The van der Waals surface area contributed by atoms with E-state index in [-0.39, 0.29) is 5.69 Å². The number of carboxylic acids is 1. The summed E-state index contributed by atoms with van der Waals surface area (Å²) in [6.07, 6.45) is 3.63. The Morgan fingerprint density at radius 2 is 1.75 bits per heavy atom. The van der Waals surface area contributed by atoms with Crippen LogP contribution in [0.2, 0.25) is 0 Å². The van der Waals surface area contributed by atoms with Crippen LogP contribution in [-0.2, 0) is 0 Å². The Morgan fingerprint density at radius 3 is 2.20 bits per heavy atom. The van der Waals surface area contributed by atoms with Crippen LogP contribution < -0.4 is 4.90 Å². The molecule has 4 heteroatoms. The van der Waals surface area contributed by atoms with Crippen LogP contribution in [0.3, 0.4) is 0 Å². The Kier molecular flexibility index (Phi) is 6.49. The normalized spacial score (nSPS) is 11.1. The summed E-state index contributed by atoms with van der Waals surface area (Å²) in [6, 6.07) is 3.66. The van der Waals surface area contributed by atoms with Crippen LogP contribution in [0.5, 0.6) is 0 Å². The lowest BCUT2D eigenvalue weighted by Crippen LogP contribution is -2.29. The number of hydrogen-bond acceptors (Lipinski definition) is 3. The van der Waals surface area contributed by atoms with E-state index in [1.54, 1.807) is 6.07 Å². The van der Waals surface area contributed by atoms with Gasteiger partial charge in [-0.2, -0.15) is 0 Å². The van der Waals surface area contributed by atoms with Gasteiger partial charge in [0.05, 0.1) is 5.69 Å². The molecule has 1 rings (SSSR count). The number of carboxylic acid groups (broad SMARTS) is 1. The maximum absolute atomic E-state index is 11.3. The lowest BCUT2D eigenvalue weighted by Gasteiger charge is -2.27. The summed E-state index contributed by atoms with van der Waals surface area (Å²) < 4.78 is 0. The fourth-order valence-electron chi connectivity index (χ4n) is 2.00. The number of anilines is 1. The average molecular weight is 278 g/mol. The van der Waals surface area contributed by atoms with Crippen LogP contribution in [-0.4, -0.2) is 29.1 Å². The van der Waals surface area contributed by atoms with Crippen molar-refractivity contribution in [3.63, 3.8) is 0 Å². The largest absolute Gasteiger partial charge is 0.476 e. The van der Waals surface area contributed by atoms with Crippen molar-refractivity contribution in [3.8, 4) is 0 Å². The predicted octanol–water partition coefficient (Wildman–Crippen LogP) is 3.68. The number of rotatable bonds is 8. The molecule has 0 amide bonds. The highest BCUT2D eigenvalue weighted by Crippen LogP contribution is 2.21. The molecule has 0 unspecified atom stereocenters. The van der Waals surface area contributed by atoms with E-state index in [2.05, 4.69) is 37.6 Å². The van der Waals surface area contributed by atoms with Crippen LogP contribution in [0, 0.1) is 11.8 Å². The molecular formula is C16H26N2O2. The first-order valence-corrected chi connectivity index (χ1v) is 7.35. The third-order valence-electron chi connectivity index (χ3n) is 3.28. The molecule has 1 heterocycles. The molecule has 0 radical (unpaired) electrons. The van der Waals surface area contributed by atoms with E-state index in [0.29, 0.717) is 11.8 Å². The molecular weight excluding hydrogens is 252 g/mol. The second-order valence-electron chi connectivity index (χ2n) is 6.03. The molecule has 1 aromatic heterocycles. The number of pyridine rings is 1. The van der Waals surface area contributed by atoms with Crippen molar-refractivity contribution < 1.29 is 9.90 Å². The molecule has 0 bridgehead atoms. The minimum atomic E-state index is -0.959. The fourth-order valence-corrected chi connectivity index (χ4v) is 2.00. The molecule has 0 aliphatic carbocycles. The Labute approximate surface area is 121 Å². The molecule has 0 saturated carbocycles. The zero-order valence-electron chi connectivity index (χ0n) is 13.0. The maximum Gasteiger partial charge on any atom is 0.356 e. The molecule has 0 aromatic carbocycles. The molecule has 112 valence electrons. The van der Waals surface area contributed by atoms with Crippen molar-refractivity contribution in [3.05, 3.63) is 24.0 Å². The highest BCUT2D eigenvalue weighted by atomic mass is 16.4. The van der Waals surface area contributed by atoms with E-state index in [1.807, 2.05) is 6.07 Å². The van der Waals surface area contributed by atoms with Crippen LogP contribution in [0.4, 0.5) is 5.69 Å². The van der Waals surface area contributed by atoms with Gasteiger partial charge in [0.15, 0.2) is 5.69 Å². The lowest BCUT2D eigenvalue weighted by atomic mass is 10.1. The summed E-state index contributed by atoms with van der Waals surface area (Å²) in [6.45, 7) is 10.5. The van der Waals surface area contributed by atoms with Crippen molar-refractivity contribution in [2.75, 3.05) is 18.0 Å². The zero-order chi connectivity index (χ0) is 15.1. The van der Waals surface area contributed by atoms with Crippen molar-refractivity contribution in [2.45, 2.75) is 40.5 Å². The zero-order valence-corrected chi connectivity index (χ0v) is 13.0. The Morgan fingerprint density at radius 1 is 1.20 bits per heavy atom. The van der Waals surface area contributed by atoms with Crippen molar-refractivity contribution in [1.82, 2.24) is 4.98 Å². The number of aromatic carboxylic acids is 1.